The summed E-state index contributed by atoms with van der Waals surface area (Å²) in [6.07, 6.45) is 1.10. The summed E-state index contributed by atoms with van der Waals surface area (Å²) in [7, 11) is 1.17. The van der Waals surface area contributed by atoms with Crippen molar-refractivity contribution < 1.29 is 14.3 Å². The molecule has 1 aromatic carbocycles. The van der Waals surface area contributed by atoms with Gasteiger partial charge in [-0.05, 0) is 12.1 Å². The van der Waals surface area contributed by atoms with Crippen molar-refractivity contribution in [1.29, 1.82) is 0 Å². The summed E-state index contributed by atoms with van der Waals surface area (Å²) in [4.78, 5) is 40.7. The average molecular weight is 273 g/mol. The predicted octanol–water partition coefficient (Wildman–Crippen LogP) is 0.809. The van der Waals surface area contributed by atoms with Crippen molar-refractivity contribution in [2.75, 3.05) is 12.4 Å². The number of ether oxygens (including phenoxy) is 1. The van der Waals surface area contributed by atoms with Crippen LogP contribution >= 0.6 is 0 Å². The van der Waals surface area contributed by atoms with E-state index in [0.29, 0.717) is 5.56 Å². The van der Waals surface area contributed by atoms with Crippen molar-refractivity contribution in [2.45, 2.75) is 0 Å². The van der Waals surface area contributed by atoms with Crippen LogP contribution in [0.3, 0.4) is 0 Å². The quantitative estimate of drug-likeness (QED) is 0.806. The van der Waals surface area contributed by atoms with Crippen LogP contribution in [0.15, 0.2) is 41.3 Å². The lowest BCUT2D eigenvalue weighted by Gasteiger charge is -2.04. The lowest BCUT2D eigenvalue weighted by molar-refractivity contribution is 0.0586. The molecule has 102 valence electrons. The van der Waals surface area contributed by atoms with E-state index in [-0.39, 0.29) is 11.5 Å². The molecule has 0 atom stereocenters. The predicted molar refractivity (Wildman–Crippen MR) is 70.6 cm³/mol. The largest absolute Gasteiger partial charge is 0.463 e. The van der Waals surface area contributed by atoms with Gasteiger partial charge in [-0.15, -0.1) is 0 Å². The lowest BCUT2D eigenvalue weighted by Crippen LogP contribution is -2.23. The Kier molecular flexibility index (Phi) is 3.90. The summed E-state index contributed by atoms with van der Waals surface area (Å²) in [6, 6.07) is 8.41. The Hall–Kier alpha value is -2.96. The molecular weight excluding hydrogens is 262 g/mol. The van der Waals surface area contributed by atoms with E-state index in [9.17, 15) is 14.4 Å². The van der Waals surface area contributed by atoms with Crippen LogP contribution in [0.25, 0.3) is 0 Å². The molecule has 0 bridgehead atoms. The maximum atomic E-state index is 11.9. The summed E-state index contributed by atoms with van der Waals surface area (Å²) < 4.78 is 4.42. The topological polar surface area (TPSA) is 101 Å². The van der Waals surface area contributed by atoms with E-state index in [0.717, 1.165) is 6.20 Å². The molecule has 2 N–H and O–H groups in total. The van der Waals surface area contributed by atoms with Crippen molar-refractivity contribution in [3.8, 4) is 0 Å². The molecule has 0 saturated heterocycles. The van der Waals surface area contributed by atoms with E-state index in [1.54, 1.807) is 30.3 Å². The summed E-state index contributed by atoms with van der Waals surface area (Å²) in [5.41, 5.74) is -0.278. The highest BCUT2D eigenvalue weighted by atomic mass is 16.5. The monoisotopic (exact) mass is 273 g/mol. The van der Waals surface area contributed by atoms with Gasteiger partial charge in [-0.25, -0.2) is 9.78 Å². The Morgan fingerprint density at radius 3 is 2.55 bits per heavy atom. The number of carbonyl (C=O) groups is 2. The molecule has 20 heavy (non-hydrogen) atoms. The number of aromatic nitrogens is 2. The zero-order valence-corrected chi connectivity index (χ0v) is 10.5. The smallest absolute Gasteiger partial charge is 0.374 e. The van der Waals surface area contributed by atoms with E-state index < -0.39 is 17.4 Å². The molecule has 0 radical (unpaired) electrons. The minimum atomic E-state index is -0.761. The molecule has 2 aromatic rings. The van der Waals surface area contributed by atoms with Crippen LogP contribution in [0.4, 0.5) is 5.69 Å². The fourth-order valence-electron chi connectivity index (χ4n) is 1.47. The number of hydrogen-bond acceptors (Lipinski definition) is 5. The van der Waals surface area contributed by atoms with Crippen molar-refractivity contribution in [3.05, 3.63) is 58.3 Å². The molecule has 7 nitrogen and oxygen atoms in total. The normalized spacial score (nSPS) is 9.85. The molecule has 0 saturated carbocycles. The van der Waals surface area contributed by atoms with Gasteiger partial charge in [0.05, 0.1) is 13.3 Å². The summed E-state index contributed by atoms with van der Waals surface area (Å²) >= 11 is 0. The van der Waals surface area contributed by atoms with Crippen LogP contribution in [0.2, 0.25) is 0 Å². The third-order valence-electron chi connectivity index (χ3n) is 2.46. The third-order valence-corrected chi connectivity index (χ3v) is 2.46. The van der Waals surface area contributed by atoms with Crippen LogP contribution in [0.5, 0.6) is 0 Å². The first kappa shape index (κ1) is 13.5. The Morgan fingerprint density at radius 1 is 1.25 bits per heavy atom. The maximum absolute atomic E-state index is 11.9. The summed E-state index contributed by atoms with van der Waals surface area (Å²) in [5.74, 6) is -1.43. The Morgan fingerprint density at radius 2 is 1.95 bits per heavy atom. The molecule has 2 rings (SSSR count). The average Bonchev–Trinajstić information content (AvgIpc) is 2.49. The second-order valence-electron chi connectivity index (χ2n) is 3.79. The Balaban J connectivity index is 2.21. The maximum Gasteiger partial charge on any atom is 0.374 e. The molecular formula is C13H11N3O4. The second-order valence-corrected chi connectivity index (χ2v) is 3.79. The molecule has 0 unspecified atom stereocenters. The van der Waals surface area contributed by atoms with Gasteiger partial charge in [-0.1, -0.05) is 18.2 Å². The van der Waals surface area contributed by atoms with Gasteiger partial charge in [-0.2, -0.15) is 0 Å². The van der Waals surface area contributed by atoms with E-state index in [1.807, 2.05) is 0 Å². The lowest BCUT2D eigenvalue weighted by atomic mass is 10.2. The van der Waals surface area contributed by atoms with Crippen molar-refractivity contribution in [2.24, 2.45) is 0 Å². The molecule has 0 aliphatic rings. The van der Waals surface area contributed by atoms with Crippen molar-refractivity contribution >= 4 is 17.6 Å². The van der Waals surface area contributed by atoms with Gasteiger partial charge >= 0.3 is 5.97 Å². The first-order valence-electron chi connectivity index (χ1n) is 5.66. The number of methoxy groups -OCH3 is 1. The zero-order valence-electron chi connectivity index (χ0n) is 10.5. The third kappa shape index (κ3) is 2.89. The van der Waals surface area contributed by atoms with Gasteiger partial charge < -0.3 is 10.1 Å². The Labute approximate surface area is 113 Å². The molecule has 0 spiro atoms. The number of nitrogens with one attached hydrogen (secondary N) is 2. The number of carbonyl (C=O) groups excluding carboxylic acids is 2. The number of nitrogens with zero attached hydrogens (tertiary/aromatic N) is 1. The van der Waals surface area contributed by atoms with Crippen LogP contribution in [0, 0.1) is 0 Å². The van der Waals surface area contributed by atoms with Crippen molar-refractivity contribution in [3.63, 3.8) is 0 Å². The number of rotatable bonds is 3. The molecule has 1 heterocycles. The van der Waals surface area contributed by atoms with E-state index in [2.05, 4.69) is 20.0 Å². The number of hydrogen-bond donors (Lipinski definition) is 2. The second kappa shape index (κ2) is 5.79. The number of amides is 1. The van der Waals surface area contributed by atoms with Crippen LogP contribution in [-0.4, -0.2) is 29.0 Å². The number of aromatic amines is 1. The minimum absolute atomic E-state index is 0.0495. The number of anilines is 1. The van der Waals surface area contributed by atoms with Crippen LogP contribution in [0.1, 0.15) is 21.0 Å². The zero-order chi connectivity index (χ0) is 14.5. The molecule has 0 fully saturated rings. The fraction of sp³-hybridized carbons (Fsp3) is 0.0769. The summed E-state index contributed by atoms with van der Waals surface area (Å²) in [5, 5.41) is 2.41. The van der Waals surface area contributed by atoms with E-state index >= 15 is 0 Å². The highest BCUT2D eigenvalue weighted by Crippen LogP contribution is 2.03. The van der Waals surface area contributed by atoms with Gasteiger partial charge in [0.1, 0.15) is 5.69 Å². The Bertz CT molecular complexity index is 694. The number of benzene rings is 1. The van der Waals surface area contributed by atoms with Crippen molar-refractivity contribution in [1.82, 2.24) is 9.97 Å². The van der Waals surface area contributed by atoms with Gasteiger partial charge in [-0.3, -0.25) is 14.6 Å². The van der Waals surface area contributed by atoms with E-state index in [1.165, 1.54) is 7.11 Å². The van der Waals surface area contributed by atoms with Gasteiger partial charge in [0, 0.05) is 5.56 Å². The van der Waals surface area contributed by atoms with Gasteiger partial charge in [0.25, 0.3) is 11.5 Å². The molecule has 1 amide bonds. The number of esters is 1. The standard InChI is InChI=1S/C13H11N3O4/c1-20-13(19)10-14-7-9(12(18)16-10)15-11(17)8-5-3-2-4-6-8/h2-7H,1H3,(H,15,17)(H,14,16,18). The first-order valence-corrected chi connectivity index (χ1v) is 5.66. The summed E-state index contributed by atoms with van der Waals surface area (Å²) in [6.45, 7) is 0. The van der Waals surface area contributed by atoms with Crippen LogP contribution < -0.4 is 10.9 Å². The number of H-pyrrole nitrogens is 1. The van der Waals surface area contributed by atoms with Gasteiger partial charge in [0.15, 0.2) is 0 Å². The first-order chi connectivity index (χ1) is 9.61. The molecule has 7 heteroatoms. The van der Waals surface area contributed by atoms with E-state index in [4.69, 9.17) is 0 Å². The van der Waals surface area contributed by atoms with Gasteiger partial charge in [0.2, 0.25) is 5.82 Å². The fourth-order valence-corrected chi connectivity index (χ4v) is 1.47. The SMILES string of the molecule is COC(=O)c1ncc(NC(=O)c2ccccc2)c(=O)[nH]1. The van der Waals surface area contributed by atoms with Crippen LogP contribution in [-0.2, 0) is 4.74 Å². The molecule has 0 aliphatic heterocycles. The minimum Gasteiger partial charge on any atom is -0.463 e. The highest BCUT2D eigenvalue weighted by Gasteiger charge is 2.12. The highest BCUT2D eigenvalue weighted by molar-refractivity contribution is 6.04. The molecule has 0 aliphatic carbocycles. The molecule has 1 aromatic heterocycles.